The molecule has 1 unspecified atom stereocenters. The standard InChI is InChI=1S/C20H26O3/c1-2-16-5-3-4-6-17(16)20-18(21)12-15(13-19(20)22)11-14-7-9-23-10-8-14/h3-6,14-15,21H,2,7-13H2,1H3. The Morgan fingerprint density at radius 1 is 1.13 bits per heavy atom. The van der Waals surface area contributed by atoms with Crippen LogP contribution in [0.4, 0.5) is 0 Å². The number of aryl methyl sites for hydroxylation is 1. The quantitative estimate of drug-likeness (QED) is 0.900. The minimum Gasteiger partial charge on any atom is -0.512 e. The van der Waals surface area contributed by atoms with Gasteiger partial charge in [-0.3, -0.25) is 4.79 Å². The van der Waals surface area contributed by atoms with Crippen molar-refractivity contribution in [3.05, 3.63) is 41.2 Å². The number of ether oxygens (including phenoxy) is 1. The average molecular weight is 314 g/mol. The lowest BCUT2D eigenvalue weighted by atomic mass is 9.77. The summed E-state index contributed by atoms with van der Waals surface area (Å²) in [7, 11) is 0. The van der Waals surface area contributed by atoms with Gasteiger partial charge in [-0.25, -0.2) is 0 Å². The van der Waals surface area contributed by atoms with Gasteiger partial charge in [-0.05, 0) is 48.6 Å². The van der Waals surface area contributed by atoms with Gasteiger partial charge in [0, 0.05) is 26.1 Å². The molecular formula is C20H26O3. The number of benzene rings is 1. The van der Waals surface area contributed by atoms with Crippen molar-refractivity contribution in [3.63, 3.8) is 0 Å². The molecule has 3 nitrogen and oxygen atoms in total. The zero-order valence-corrected chi connectivity index (χ0v) is 13.9. The first-order chi connectivity index (χ1) is 11.2. The summed E-state index contributed by atoms with van der Waals surface area (Å²) in [5.41, 5.74) is 2.61. The number of Topliss-reactive ketones (excluding diaryl/α,β-unsaturated/α-hetero) is 1. The van der Waals surface area contributed by atoms with E-state index < -0.39 is 0 Å². The van der Waals surface area contributed by atoms with Crippen LogP contribution < -0.4 is 0 Å². The van der Waals surface area contributed by atoms with E-state index in [1.54, 1.807) is 0 Å². The maximum atomic E-state index is 12.7. The predicted molar refractivity (Wildman–Crippen MR) is 91.3 cm³/mol. The van der Waals surface area contributed by atoms with Gasteiger partial charge in [0.2, 0.25) is 0 Å². The number of ketones is 1. The van der Waals surface area contributed by atoms with Crippen LogP contribution in [-0.4, -0.2) is 24.1 Å². The third kappa shape index (κ3) is 3.66. The highest BCUT2D eigenvalue weighted by Gasteiger charge is 2.31. The maximum absolute atomic E-state index is 12.7. The number of aliphatic hydroxyl groups is 1. The fourth-order valence-electron chi connectivity index (χ4n) is 3.97. The van der Waals surface area contributed by atoms with Crippen LogP contribution >= 0.6 is 0 Å². The Kier molecular flexibility index (Phi) is 5.16. The lowest BCUT2D eigenvalue weighted by Gasteiger charge is -2.29. The molecule has 1 aromatic rings. The highest BCUT2D eigenvalue weighted by Crippen LogP contribution is 2.37. The van der Waals surface area contributed by atoms with E-state index in [9.17, 15) is 9.90 Å². The molecule has 1 aliphatic carbocycles. The van der Waals surface area contributed by atoms with Gasteiger partial charge in [-0.15, -0.1) is 0 Å². The van der Waals surface area contributed by atoms with Crippen molar-refractivity contribution in [3.8, 4) is 0 Å². The molecule has 0 radical (unpaired) electrons. The minimum atomic E-state index is 0.103. The fraction of sp³-hybridized carbons (Fsp3) is 0.550. The van der Waals surface area contributed by atoms with E-state index >= 15 is 0 Å². The number of rotatable bonds is 4. The normalized spacial score (nSPS) is 23.3. The highest BCUT2D eigenvalue weighted by molar-refractivity contribution is 6.22. The first-order valence-electron chi connectivity index (χ1n) is 8.80. The Bertz CT molecular complexity index is 597. The number of carbonyl (C=O) groups is 1. The molecule has 1 aromatic carbocycles. The first kappa shape index (κ1) is 16.3. The van der Waals surface area contributed by atoms with Gasteiger partial charge >= 0.3 is 0 Å². The number of allylic oxidation sites excluding steroid dienone is 2. The zero-order chi connectivity index (χ0) is 16.2. The van der Waals surface area contributed by atoms with E-state index in [0.717, 1.165) is 50.0 Å². The summed E-state index contributed by atoms with van der Waals surface area (Å²) in [6.45, 7) is 3.75. The number of hydrogen-bond acceptors (Lipinski definition) is 3. The molecule has 3 rings (SSSR count). The van der Waals surface area contributed by atoms with Crippen LogP contribution in [-0.2, 0) is 16.0 Å². The number of hydrogen-bond donors (Lipinski definition) is 1. The zero-order valence-electron chi connectivity index (χ0n) is 13.9. The Balaban J connectivity index is 1.77. The molecule has 0 bridgehead atoms. The molecule has 1 saturated heterocycles. The lowest BCUT2D eigenvalue weighted by molar-refractivity contribution is -0.115. The summed E-state index contributed by atoms with van der Waals surface area (Å²) < 4.78 is 5.41. The molecule has 2 aliphatic rings. The first-order valence-corrected chi connectivity index (χ1v) is 8.80. The predicted octanol–water partition coefficient (Wildman–Crippen LogP) is 4.31. The molecule has 1 N–H and O–H groups in total. The third-order valence-electron chi connectivity index (χ3n) is 5.20. The largest absolute Gasteiger partial charge is 0.512 e. The van der Waals surface area contributed by atoms with Crippen LogP contribution in [0.3, 0.4) is 0 Å². The van der Waals surface area contributed by atoms with Crippen molar-refractivity contribution >= 4 is 11.4 Å². The second-order valence-corrected chi connectivity index (χ2v) is 6.82. The van der Waals surface area contributed by atoms with E-state index in [0.29, 0.717) is 30.1 Å². The Morgan fingerprint density at radius 3 is 2.57 bits per heavy atom. The molecule has 124 valence electrons. The van der Waals surface area contributed by atoms with E-state index in [1.807, 2.05) is 24.3 Å². The van der Waals surface area contributed by atoms with Gasteiger partial charge in [0.15, 0.2) is 5.78 Å². The molecule has 0 spiro atoms. The van der Waals surface area contributed by atoms with Crippen LogP contribution in [0, 0.1) is 11.8 Å². The monoisotopic (exact) mass is 314 g/mol. The van der Waals surface area contributed by atoms with Crippen molar-refractivity contribution in [1.82, 2.24) is 0 Å². The van der Waals surface area contributed by atoms with Crippen molar-refractivity contribution in [2.75, 3.05) is 13.2 Å². The lowest BCUT2D eigenvalue weighted by Crippen LogP contribution is -2.24. The van der Waals surface area contributed by atoms with Crippen molar-refractivity contribution in [2.24, 2.45) is 11.8 Å². The van der Waals surface area contributed by atoms with Gasteiger partial charge in [0.25, 0.3) is 0 Å². The fourth-order valence-corrected chi connectivity index (χ4v) is 3.97. The molecule has 1 aliphatic heterocycles. The Hall–Kier alpha value is -1.61. The average Bonchev–Trinajstić information content (AvgIpc) is 2.55. The summed E-state index contributed by atoms with van der Waals surface area (Å²) in [4.78, 5) is 12.7. The van der Waals surface area contributed by atoms with Crippen molar-refractivity contribution in [1.29, 1.82) is 0 Å². The molecule has 1 heterocycles. The second kappa shape index (κ2) is 7.31. The molecule has 1 fully saturated rings. The van der Waals surface area contributed by atoms with E-state index in [4.69, 9.17) is 4.74 Å². The highest BCUT2D eigenvalue weighted by atomic mass is 16.5. The van der Waals surface area contributed by atoms with Crippen LogP contribution in [0.15, 0.2) is 30.0 Å². The summed E-state index contributed by atoms with van der Waals surface area (Å²) in [5.74, 6) is 1.31. The molecule has 1 atom stereocenters. The number of carbonyl (C=O) groups excluding carboxylic acids is 1. The Labute approximate surface area is 138 Å². The molecule has 3 heteroatoms. The topological polar surface area (TPSA) is 46.5 Å². The minimum absolute atomic E-state index is 0.103. The van der Waals surface area contributed by atoms with Crippen LogP contribution in [0.25, 0.3) is 5.57 Å². The van der Waals surface area contributed by atoms with E-state index in [1.165, 1.54) is 0 Å². The summed E-state index contributed by atoms with van der Waals surface area (Å²) >= 11 is 0. The third-order valence-corrected chi connectivity index (χ3v) is 5.20. The van der Waals surface area contributed by atoms with Crippen molar-refractivity contribution < 1.29 is 14.6 Å². The SMILES string of the molecule is CCc1ccccc1C1=C(O)CC(CC2CCOCC2)CC1=O. The number of aliphatic hydroxyl groups excluding tert-OH is 1. The van der Waals surface area contributed by atoms with Gasteiger partial charge in [0.05, 0.1) is 5.57 Å². The Morgan fingerprint density at radius 2 is 1.87 bits per heavy atom. The van der Waals surface area contributed by atoms with Gasteiger partial charge < -0.3 is 9.84 Å². The van der Waals surface area contributed by atoms with Crippen LogP contribution in [0.2, 0.25) is 0 Å². The summed E-state index contributed by atoms with van der Waals surface area (Å²) in [5, 5.41) is 10.5. The second-order valence-electron chi connectivity index (χ2n) is 6.82. The molecule has 23 heavy (non-hydrogen) atoms. The van der Waals surface area contributed by atoms with E-state index in [-0.39, 0.29) is 11.7 Å². The van der Waals surface area contributed by atoms with Crippen LogP contribution in [0.5, 0.6) is 0 Å². The van der Waals surface area contributed by atoms with Gasteiger partial charge in [-0.1, -0.05) is 31.2 Å². The molecule has 0 amide bonds. The summed E-state index contributed by atoms with van der Waals surface area (Å²) in [6, 6.07) is 7.93. The van der Waals surface area contributed by atoms with Gasteiger partial charge in [-0.2, -0.15) is 0 Å². The van der Waals surface area contributed by atoms with Crippen LogP contribution in [0.1, 0.15) is 50.2 Å². The smallest absolute Gasteiger partial charge is 0.167 e. The van der Waals surface area contributed by atoms with Gasteiger partial charge in [0.1, 0.15) is 5.76 Å². The summed E-state index contributed by atoms with van der Waals surface area (Å²) in [6.07, 6.45) is 5.26. The van der Waals surface area contributed by atoms with Crippen molar-refractivity contribution in [2.45, 2.75) is 45.4 Å². The maximum Gasteiger partial charge on any atom is 0.167 e. The molecule has 0 aromatic heterocycles. The molecular weight excluding hydrogens is 288 g/mol. The molecule has 0 saturated carbocycles. The van der Waals surface area contributed by atoms with E-state index in [2.05, 4.69) is 6.92 Å².